The number of nitrogens with one attached hydrogen (secondary N) is 1. The molecule has 0 aliphatic carbocycles. The maximum Gasteiger partial charge on any atom is 0.230 e. The van der Waals surface area contributed by atoms with Gasteiger partial charge in [-0.3, -0.25) is 4.79 Å². The van der Waals surface area contributed by atoms with Gasteiger partial charge in [0.2, 0.25) is 5.91 Å². The number of thioether (sulfide) groups is 1. The predicted molar refractivity (Wildman–Crippen MR) is 94.7 cm³/mol. The topological polar surface area (TPSA) is 59.8 Å². The van der Waals surface area contributed by atoms with Gasteiger partial charge in [0.1, 0.15) is 0 Å². The van der Waals surface area contributed by atoms with Crippen LogP contribution in [0.3, 0.4) is 0 Å². The Hall–Kier alpha value is -1.53. The third-order valence-corrected chi connectivity index (χ3v) is 4.67. The Morgan fingerprint density at radius 2 is 2.04 bits per heavy atom. The zero-order valence-corrected chi connectivity index (χ0v) is 15.1. The highest BCUT2D eigenvalue weighted by Gasteiger charge is 2.13. The van der Waals surface area contributed by atoms with Crippen LogP contribution in [0.4, 0.5) is 0 Å². The van der Waals surface area contributed by atoms with Crippen LogP contribution in [-0.4, -0.2) is 32.5 Å². The van der Waals surface area contributed by atoms with Crippen molar-refractivity contribution in [1.82, 2.24) is 20.1 Å². The first-order valence-electron chi connectivity index (χ1n) is 7.58. The van der Waals surface area contributed by atoms with Gasteiger partial charge in [0.05, 0.1) is 5.75 Å². The number of carbonyl (C=O) groups is 1. The molecule has 0 radical (unpaired) electrons. The van der Waals surface area contributed by atoms with Gasteiger partial charge in [-0.1, -0.05) is 36.7 Å². The molecule has 7 heteroatoms. The van der Waals surface area contributed by atoms with Crippen LogP contribution >= 0.6 is 23.4 Å². The largest absolute Gasteiger partial charge is 0.353 e. The second kappa shape index (κ2) is 8.36. The Morgan fingerprint density at radius 3 is 2.70 bits per heavy atom. The van der Waals surface area contributed by atoms with Crippen molar-refractivity contribution in [3.8, 4) is 11.4 Å². The molecule has 2 aromatic rings. The average Bonchev–Trinajstić information content (AvgIpc) is 2.87. The zero-order valence-electron chi connectivity index (χ0n) is 13.5. The minimum Gasteiger partial charge on any atom is -0.353 e. The van der Waals surface area contributed by atoms with Crippen LogP contribution in [0.25, 0.3) is 11.4 Å². The third-order valence-electron chi connectivity index (χ3n) is 3.40. The van der Waals surface area contributed by atoms with Gasteiger partial charge in [-0.2, -0.15) is 0 Å². The number of carbonyl (C=O) groups excluding carboxylic acids is 1. The van der Waals surface area contributed by atoms with Crippen LogP contribution in [0.2, 0.25) is 5.02 Å². The lowest BCUT2D eigenvalue weighted by Crippen LogP contribution is -2.33. The monoisotopic (exact) mass is 352 g/mol. The lowest BCUT2D eigenvalue weighted by molar-refractivity contribution is -0.119. The van der Waals surface area contributed by atoms with Crippen LogP contribution in [0, 0.1) is 0 Å². The average molecular weight is 353 g/mol. The highest BCUT2D eigenvalue weighted by Crippen LogP contribution is 2.23. The summed E-state index contributed by atoms with van der Waals surface area (Å²) in [5, 5.41) is 12.7. The summed E-state index contributed by atoms with van der Waals surface area (Å²) in [5.74, 6) is 1.11. The van der Waals surface area contributed by atoms with E-state index in [4.69, 9.17) is 11.6 Å². The van der Waals surface area contributed by atoms with Gasteiger partial charge in [-0.05, 0) is 37.6 Å². The number of halogens is 1. The molecule has 0 saturated heterocycles. The van der Waals surface area contributed by atoms with Gasteiger partial charge in [0, 0.05) is 23.7 Å². The second-order valence-electron chi connectivity index (χ2n) is 5.42. The van der Waals surface area contributed by atoms with E-state index in [-0.39, 0.29) is 11.9 Å². The highest BCUT2D eigenvalue weighted by molar-refractivity contribution is 7.99. The molecule has 1 unspecified atom stereocenters. The fraction of sp³-hybridized carbons (Fsp3) is 0.438. The van der Waals surface area contributed by atoms with E-state index in [0.717, 1.165) is 24.2 Å². The fourth-order valence-corrected chi connectivity index (χ4v) is 3.09. The first-order valence-corrected chi connectivity index (χ1v) is 8.95. The number of hydrogen-bond acceptors (Lipinski definition) is 4. The Morgan fingerprint density at radius 1 is 1.35 bits per heavy atom. The van der Waals surface area contributed by atoms with Crippen LogP contribution in [-0.2, 0) is 11.8 Å². The van der Waals surface area contributed by atoms with Crippen molar-refractivity contribution in [3.05, 3.63) is 29.3 Å². The molecule has 23 heavy (non-hydrogen) atoms. The molecule has 0 aliphatic rings. The van der Waals surface area contributed by atoms with Crippen molar-refractivity contribution in [2.24, 2.45) is 7.05 Å². The molecule has 1 aromatic carbocycles. The summed E-state index contributed by atoms with van der Waals surface area (Å²) in [7, 11) is 1.89. The van der Waals surface area contributed by atoms with Crippen molar-refractivity contribution in [1.29, 1.82) is 0 Å². The molecule has 5 nitrogen and oxygen atoms in total. The molecule has 124 valence electrons. The Kier molecular flexibility index (Phi) is 6.47. The van der Waals surface area contributed by atoms with Gasteiger partial charge >= 0.3 is 0 Å². The smallest absolute Gasteiger partial charge is 0.230 e. The van der Waals surface area contributed by atoms with E-state index in [1.807, 2.05) is 42.8 Å². The molecule has 0 spiro atoms. The van der Waals surface area contributed by atoms with Gasteiger partial charge in [-0.25, -0.2) is 0 Å². The van der Waals surface area contributed by atoms with Crippen molar-refractivity contribution in [3.63, 3.8) is 0 Å². The fourth-order valence-electron chi connectivity index (χ4n) is 2.24. The van der Waals surface area contributed by atoms with Crippen molar-refractivity contribution >= 4 is 29.3 Å². The second-order valence-corrected chi connectivity index (χ2v) is 6.80. The molecular weight excluding hydrogens is 332 g/mol. The number of rotatable bonds is 7. The maximum absolute atomic E-state index is 11.9. The molecule has 1 N–H and O–H groups in total. The first kappa shape index (κ1) is 17.8. The number of hydrogen-bond donors (Lipinski definition) is 1. The summed E-state index contributed by atoms with van der Waals surface area (Å²) < 4.78 is 1.89. The molecule has 1 heterocycles. The van der Waals surface area contributed by atoms with Crippen LogP contribution in [0.15, 0.2) is 29.4 Å². The van der Waals surface area contributed by atoms with Gasteiger partial charge in [0.25, 0.3) is 0 Å². The number of amides is 1. The summed E-state index contributed by atoms with van der Waals surface area (Å²) in [6, 6.07) is 7.65. The van der Waals surface area contributed by atoms with Crippen LogP contribution in [0.5, 0.6) is 0 Å². The van der Waals surface area contributed by atoms with Gasteiger partial charge < -0.3 is 9.88 Å². The SMILES string of the molecule is CCCC(C)NC(=O)CSc1nnc(-c2ccc(Cl)cc2)n1C. The lowest BCUT2D eigenvalue weighted by atomic mass is 10.2. The number of aromatic nitrogens is 3. The van der Waals surface area contributed by atoms with Gasteiger partial charge in [-0.15, -0.1) is 10.2 Å². The molecule has 0 saturated carbocycles. The predicted octanol–water partition coefficient (Wildman–Crippen LogP) is 3.53. The molecule has 1 atom stereocenters. The minimum absolute atomic E-state index is 0.0204. The van der Waals surface area contributed by atoms with Gasteiger partial charge in [0.15, 0.2) is 11.0 Å². The summed E-state index contributed by atoms with van der Waals surface area (Å²) in [4.78, 5) is 11.9. The van der Waals surface area contributed by atoms with E-state index in [1.165, 1.54) is 11.8 Å². The Bertz CT molecular complexity index is 657. The molecule has 1 amide bonds. The van der Waals surface area contributed by atoms with E-state index < -0.39 is 0 Å². The summed E-state index contributed by atoms with van der Waals surface area (Å²) in [5.41, 5.74) is 0.942. The van der Waals surface area contributed by atoms with E-state index in [9.17, 15) is 4.79 Å². The third kappa shape index (κ3) is 4.97. The van der Waals surface area contributed by atoms with E-state index in [0.29, 0.717) is 15.9 Å². The van der Waals surface area contributed by atoms with E-state index >= 15 is 0 Å². The maximum atomic E-state index is 11.9. The first-order chi connectivity index (χ1) is 11.0. The number of benzene rings is 1. The molecule has 1 aromatic heterocycles. The normalized spacial score (nSPS) is 12.2. The molecule has 0 aliphatic heterocycles. The van der Waals surface area contributed by atoms with Crippen LogP contribution in [0.1, 0.15) is 26.7 Å². The zero-order chi connectivity index (χ0) is 16.8. The van der Waals surface area contributed by atoms with Crippen molar-refractivity contribution < 1.29 is 4.79 Å². The van der Waals surface area contributed by atoms with Crippen molar-refractivity contribution in [2.45, 2.75) is 37.9 Å². The molecule has 0 fully saturated rings. The van der Waals surface area contributed by atoms with E-state index in [1.54, 1.807) is 0 Å². The minimum atomic E-state index is 0.0204. The summed E-state index contributed by atoms with van der Waals surface area (Å²) >= 11 is 7.29. The molecule has 0 bridgehead atoms. The quantitative estimate of drug-likeness (QED) is 0.774. The summed E-state index contributed by atoms with van der Waals surface area (Å²) in [6.45, 7) is 4.13. The summed E-state index contributed by atoms with van der Waals surface area (Å²) in [6.07, 6.45) is 2.05. The standard InChI is InChI=1S/C16H21ClN4OS/c1-4-5-11(2)18-14(22)10-23-16-20-19-15(21(16)3)12-6-8-13(17)9-7-12/h6-9,11H,4-5,10H2,1-3H3,(H,18,22). The van der Waals surface area contributed by atoms with Crippen molar-refractivity contribution in [2.75, 3.05) is 5.75 Å². The Balaban J connectivity index is 1.97. The van der Waals surface area contributed by atoms with E-state index in [2.05, 4.69) is 22.4 Å². The van der Waals surface area contributed by atoms with Crippen LogP contribution < -0.4 is 5.32 Å². The number of nitrogens with zero attached hydrogens (tertiary/aromatic N) is 3. The highest BCUT2D eigenvalue weighted by atomic mass is 35.5. The Labute approximate surface area is 145 Å². The lowest BCUT2D eigenvalue weighted by Gasteiger charge is -2.12. The molecule has 2 rings (SSSR count). The molecular formula is C16H21ClN4OS.